The summed E-state index contributed by atoms with van der Waals surface area (Å²) in [6, 6.07) is 2.87. The summed E-state index contributed by atoms with van der Waals surface area (Å²) in [4.78, 5) is 23.9. The fraction of sp³-hybridized carbons (Fsp3) is 0.385. The fourth-order valence-corrected chi connectivity index (χ4v) is 1.98. The molecule has 0 fully saturated rings. The molecular weight excluding hydrogens is 286 g/mol. The van der Waals surface area contributed by atoms with Crippen molar-refractivity contribution in [2.45, 2.75) is 33.0 Å². The van der Waals surface area contributed by atoms with Crippen molar-refractivity contribution in [3.05, 3.63) is 33.3 Å². The molecule has 2 aromatic rings. The van der Waals surface area contributed by atoms with E-state index in [4.69, 9.17) is 20.8 Å². The summed E-state index contributed by atoms with van der Waals surface area (Å²) in [5.74, 6) is -0.883. The number of carbonyl (C=O) groups excluding carboxylic acids is 1. The summed E-state index contributed by atoms with van der Waals surface area (Å²) >= 11 is 5.90. The maximum absolute atomic E-state index is 12.0. The number of hydrogen-bond acceptors (Lipinski definition) is 5. The first-order valence-corrected chi connectivity index (χ1v) is 6.29. The van der Waals surface area contributed by atoms with Gasteiger partial charge in [-0.2, -0.15) is 4.57 Å². The molecule has 20 heavy (non-hydrogen) atoms. The quantitative estimate of drug-likeness (QED) is 0.875. The maximum Gasteiger partial charge on any atom is 0.429 e. The largest absolute Gasteiger partial charge is 0.443 e. The van der Waals surface area contributed by atoms with E-state index in [-0.39, 0.29) is 22.7 Å². The number of ether oxygens (including phenoxy) is 1. The molecule has 0 aliphatic heterocycles. The predicted octanol–water partition coefficient (Wildman–Crippen LogP) is 2.52. The lowest BCUT2D eigenvalue weighted by atomic mass is 10.2. The van der Waals surface area contributed by atoms with E-state index in [0.717, 1.165) is 4.57 Å². The van der Waals surface area contributed by atoms with Gasteiger partial charge in [-0.25, -0.2) is 9.59 Å². The molecule has 0 radical (unpaired) electrons. The molecular formula is C13H14ClNO5. The standard InChI is InChI=1S/C13H14ClNO5/c1-13(2,3)20-12(18)15-9-5-8(14)4-7(6-16)10(9)19-11(15)17/h4-5,16H,6H2,1-3H3. The number of oxazole rings is 1. The van der Waals surface area contributed by atoms with E-state index in [9.17, 15) is 14.7 Å². The lowest BCUT2D eigenvalue weighted by Crippen LogP contribution is -2.31. The monoisotopic (exact) mass is 299 g/mol. The Labute approximate surface area is 119 Å². The van der Waals surface area contributed by atoms with E-state index >= 15 is 0 Å². The second-order valence-corrected chi connectivity index (χ2v) is 5.69. The first-order valence-electron chi connectivity index (χ1n) is 5.91. The van der Waals surface area contributed by atoms with E-state index in [2.05, 4.69) is 0 Å². The number of fused-ring (bicyclic) bond motifs is 1. The molecule has 1 N–H and O–H groups in total. The van der Waals surface area contributed by atoms with Gasteiger partial charge in [-0.15, -0.1) is 0 Å². The van der Waals surface area contributed by atoms with Crippen LogP contribution in [0.4, 0.5) is 4.79 Å². The van der Waals surface area contributed by atoms with Gasteiger partial charge in [0, 0.05) is 10.6 Å². The van der Waals surface area contributed by atoms with Crippen LogP contribution in [0.1, 0.15) is 26.3 Å². The highest BCUT2D eigenvalue weighted by atomic mass is 35.5. The van der Waals surface area contributed by atoms with Crippen LogP contribution in [0.2, 0.25) is 5.02 Å². The summed E-state index contributed by atoms with van der Waals surface area (Å²) in [5, 5.41) is 9.52. The van der Waals surface area contributed by atoms with Gasteiger partial charge < -0.3 is 14.3 Å². The van der Waals surface area contributed by atoms with Gasteiger partial charge in [-0.1, -0.05) is 11.6 Å². The van der Waals surface area contributed by atoms with Crippen LogP contribution in [0.15, 0.2) is 21.3 Å². The van der Waals surface area contributed by atoms with Crippen LogP contribution in [0.25, 0.3) is 11.1 Å². The molecule has 1 aromatic heterocycles. The van der Waals surface area contributed by atoms with Gasteiger partial charge in [0.1, 0.15) is 11.1 Å². The molecule has 0 saturated heterocycles. The molecule has 6 nitrogen and oxygen atoms in total. The van der Waals surface area contributed by atoms with E-state index in [1.807, 2.05) is 0 Å². The maximum atomic E-state index is 12.0. The SMILES string of the molecule is CC(C)(C)OC(=O)n1c(=O)oc2c(CO)cc(Cl)cc21. The number of aromatic nitrogens is 1. The number of rotatable bonds is 1. The zero-order chi connectivity index (χ0) is 15.1. The molecule has 0 aliphatic carbocycles. The normalized spacial score (nSPS) is 11.8. The summed E-state index contributed by atoms with van der Waals surface area (Å²) in [6.45, 7) is 4.69. The lowest BCUT2D eigenvalue weighted by Gasteiger charge is -2.18. The predicted molar refractivity (Wildman–Crippen MR) is 73.0 cm³/mol. The Morgan fingerprint density at radius 1 is 1.45 bits per heavy atom. The van der Waals surface area contributed by atoms with Gasteiger partial charge in [0.15, 0.2) is 5.58 Å². The van der Waals surface area contributed by atoms with E-state index in [0.29, 0.717) is 5.56 Å². The highest BCUT2D eigenvalue weighted by molar-refractivity contribution is 6.31. The van der Waals surface area contributed by atoms with Gasteiger partial charge in [0.2, 0.25) is 0 Å². The Bertz CT molecular complexity index is 723. The Kier molecular flexibility index (Phi) is 3.62. The Balaban J connectivity index is 2.65. The smallest absolute Gasteiger partial charge is 0.429 e. The third-order valence-corrected chi connectivity index (χ3v) is 2.69. The van der Waals surface area contributed by atoms with Crippen LogP contribution in [0.3, 0.4) is 0 Å². The second-order valence-electron chi connectivity index (χ2n) is 5.25. The van der Waals surface area contributed by atoms with E-state index in [1.54, 1.807) is 20.8 Å². The Morgan fingerprint density at radius 2 is 2.10 bits per heavy atom. The summed E-state index contributed by atoms with van der Waals surface area (Å²) in [5.41, 5.74) is -0.140. The van der Waals surface area contributed by atoms with Crippen LogP contribution in [-0.4, -0.2) is 21.4 Å². The molecule has 1 heterocycles. The number of carbonyl (C=O) groups is 1. The zero-order valence-electron chi connectivity index (χ0n) is 11.3. The van der Waals surface area contributed by atoms with Crippen LogP contribution < -0.4 is 5.76 Å². The molecule has 0 unspecified atom stereocenters. The number of hydrogen-bond donors (Lipinski definition) is 1. The fourth-order valence-electron chi connectivity index (χ4n) is 1.75. The molecule has 0 aliphatic rings. The van der Waals surface area contributed by atoms with Crippen molar-refractivity contribution in [2.75, 3.05) is 0 Å². The molecule has 2 rings (SSSR count). The molecule has 0 amide bonds. The molecule has 108 valence electrons. The van der Waals surface area contributed by atoms with Gasteiger partial charge in [-0.05, 0) is 32.9 Å². The lowest BCUT2D eigenvalue weighted by molar-refractivity contribution is 0.0532. The van der Waals surface area contributed by atoms with Gasteiger partial charge in [0.05, 0.1) is 6.61 Å². The minimum Gasteiger partial charge on any atom is -0.443 e. The summed E-state index contributed by atoms with van der Waals surface area (Å²) in [7, 11) is 0. The minimum atomic E-state index is -0.883. The van der Waals surface area contributed by atoms with Crippen LogP contribution >= 0.6 is 11.6 Å². The average Bonchev–Trinajstić information content (AvgIpc) is 2.61. The zero-order valence-corrected chi connectivity index (χ0v) is 12.0. The average molecular weight is 300 g/mol. The van der Waals surface area contributed by atoms with E-state index in [1.165, 1.54) is 12.1 Å². The first-order chi connectivity index (χ1) is 9.23. The topological polar surface area (TPSA) is 81.7 Å². The highest BCUT2D eigenvalue weighted by Crippen LogP contribution is 2.24. The van der Waals surface area contributed by atoms with Gasteiger partial charge in [0.25, 0.3) is 0 Å². The van der Waals surface area contributed by atoms with Crippen molar-refractivity contribution >= 4 is 28.8 Å². The third kappa shape index (κ3) is 2.71. The van der Waals surface area contributed by atoms with Crippen molar-refractivity contribution in [1.82, 2.24) is 4.57 Å². The van der Waals surface area contributed by atoms with Gasteiger partial charge >= 0.3 is 11.8 Å². The minimum absolute atomic E-state index is 0.118. The summed E-state index contributed by atoms with van der Waals surface area (Å²) < 4.78 is 10.9. The molecule has 1 aromatic carbocycles. The van der Waals surface area contributed by atoms with Crippen molar-refractivity contribution in [3.63, 3.8) is 0 Å². The van der Waals surface area contributed by atoms with Crippen molar-refractivity contribution in [1.29, 1.82) is 0 Å². The van der Waals surface area contributed by atoms with Crippen LogP contribution in [0.5, 0.6) is 0 Å². The first kappa shape index (κ1) is 14.6. The van der Waals surface area contributed by atoms with Crippen molar-refractivity contribution in [3.8, 4) is 0 Å². The van der Waals surface area contributed by atoms with Crippen molar-refractivity contribution in [2.24, 2.45) is 0 Å². The Hall–Kier alpha value is -1.79. The number of benzene rings is 1. The third-order valence-electron chi connectivity index (χ3n) is 2.47. The number of aliphatic hydroxyl groups excluding tert-OH is 1. The molecule has 0 saturated carbocycles. The van der Waals surface area contributed by atoms with Crippen LogP contribution in [0, 0.1) is 0 Å². The summed E-state index contributed by atoms with van der Waals surface area (Å²) in [6.07, 6.45) is -0.854. The van der Waals surface area contributed by atoms with Crippen molar-refractivity contribution < 1.29 is 19.1 Å². The highest BCUT2D eigenvalue weighted by Gasteiger charge is 2.24. The second kappa shape index (κ2) is 4.96. The Morgan fingerprint density at radius 3 is 2.65 bits per heavy atom. The number of halogens is 1. The molecule has 0 bridgehead atoms. The number of aliphatic hydroxyl groups is 1. The van der Waals surface area contributed by atoms with Gasteiger partial charge in [-0.3, -0.25) is 0 Å². The molecule has 7 heteroatoms. The van der Waals surface area contributed by atoms with Crippen LogP contribution in [-0.2, 0) is 11.3 Å². The molecule has 0 spiro atoms. The van der Waals surface area contributed by atoms with E-state index < -0.39 is 17.5 Å². The number of nitrogens with zero attached hydrogens (tertiary/aromatic N) is 1. The molecule has 0 atom stereocenters.